The van der Waals surface area contributed by atoms with Crippen molar-refractivity contribution in [1.82, 2.24) is 15.0 Å². The molecule has 0 fully saturated rings. The summed E-state index contributed by atoms with van der Waals surface area (Å²) in [5.41, 5.74) is 22.6. The predicted octanol–water partition coefficient (Wildman–Crippen LogP) is 17.5. The molecule has 10 aromatic rings. The summed E-state index contributed by atoms with van der Waals surface area (Å²) < 4.78 is 0. The normalized spacial score (nSPS) is 13.2. The SMILES string of the molecule is CC(C)(C)c1cc(N2c3ccc(-c4ccccc4)cc3B3c4cc(-c5ccccc5)ccc4N(c4cc(C(C)(C)C)cc(C(C)(C)C)c4)c4cc(-c5nc(-c6ccccc6)nc(-c6ccccc6)n5)cc2c43)cc(C(C)(C)C)c1. The second-order valence-corrected chi connectivity index (χ2v) is 25.9. The van der Waals surface area contributed by atoms with Crippen molar-refractivity contribution in [3.05, 3.63) is 229 Å². The molecule has 390 valence electrons. The Labute approximate surface area is 469 Å². The Morgan fingerprint density at radius 1 is 0.278 bits per heavy atom. The first-order chi connectivity index (χ1) is 37.7. The van der Waals surface area contributed by atoms with Gasteiger partial charge in [-0.2, -0.15) is 0 Å². The molecular weight excluding hydrogens is 958 g/mol. The van der Waals surface area contributed by atoms with Crippen molar-refractivity contribution < 1.29 is 0 Å². The molecule has 1 aromatic heterocycles. The van der Waals surface area contributed by atoms with Crippen molar-refractivity contribution in [2.24, 2.45) is 0 Å². The summed E-state index contributed by atoms with van der Waals surface area (Å²) in [6.45, 7) is 27.8. The highest BCUT2D eigenvalue weighted by Gasteiger charge is 2.45. The fourth-order valence-corrected chi connectivity index (χ4v) is 11.5. The third-order valence-electron chi connectivity index (χ3n) is 16.1. The second kappa shape index (κ2) is 19.2. The van der Waals surface area contributed by atoms with Gasteiger partial charge in [-0.05, 0) is 131 Å². The van der Waals surface area contributed by atoms with Crippen LogP contribution in [0.4, 0.5) is 34.1 Å². The number of hydrogen-bond donors (Lipinski definition) is 0. The molecule has 12 rings (SSSR count). The zero-order valence-corrected chi connectivity index (χ0v) is 47.9. The van der Waals surface area contributed by atoms with E-state index < -0.39 is 0 Å². The van der Waals surface area contributed by atoms with Crippen LogP contribution in [0.25, 0.3) is 56.4 Å². The Hall–Kier alpha value is -8.35. The Morgan fingerprint density at radius 2 is 0.582 bits per heavy atom. The molecule has 2 aliphatic heterocycles. The van der Waals surface area contributed by atoms with Gasteiger partial charge in [-0.15, -0.1) is 0 Å². The van der Waals surface area contributed by atoms with Gasteiger partial charge >= 0.3 is 0 Å². The van der Waals surface area contributed by atoms with E-state index in [1.165, 1.54) is 60.9 Å². The Bertz CT molecular complexity index is 3620. The van der Waals surface area contributed by atoms with Crippen molar-refractivity contribution >= 4 is 57.2 Å². The van der Waals surface area contributed by atoms with E-state index in [1.807, 2.05) is 12.1 Å². The number of fused-ring (bicyclic) bond motifs is 4. The number of aromatic nitrogens is 3. The van der Waals surface area contributed by atoms with Gasteiger partial charge in [0.25, 0.3) is 6.71 Å². The molecule has 0 N–H and O–H groups in total. The lowest BCUT2D eigenvalue weighted by Crippen LogP contribution is -2.61. The van der Waals surface area contributed by atoms with E-state index in [-0.39, 0.29) is 28.4 Å². The molecule has 0 bridgehead atoms. The molecule has 0 amide bonds. The van der Waals surface area contributed by atoms with Crippen LogP contribution in [0.3, 0.4) is 0 Å². The molecule has 0 spiro atoms. The average Bonchev–Trinajstić information content (AvgIpc) is 2.41. The van der Waals surface area contributed by atoms with Gasteiger partial charge in [-0.3, -0.25) is 0 Å². The molecule has 5 nitrogen and oxygen atoms in total. The number of hydrogen-bond acceptors (Lipinski definition) is 5. The summed E-state index contributed by atoms with van der Waals surface area (Å²) in [6.07, 6.45) is 0. The van der Waals surface area contributed by atoms with E-state index >= 15 is 0 Å². The first kappa shape index (κ1) is 51.4. The fraction of sp³-hybridized carbons (Fsp3) is 0.219. The van der Waals surface area contributed by atoms with Crippen LogP contribution < -0.4 is 26.2 Å². The lowest BCUT2D eigenvalue weighted by Gasteiger charge is -2.45. The monoisotopic (exact) mass is 1030 g/mol. The first-order valence-corrected chi connectivity index (χ1v) is 28.0. The third kappa shape index (κ3) is 9.66. The summed E-state index contributed by atoms with van der Waals surface area (Å²) in [4.78, 5) is 21.3. The average molecular weight is 1030 g/mol. The standard InChI is InChI=1S/C73H70BN5/c1-70(2,3)54-41-55(71(4,5)6)44-58(43-54)78-62-35-33-51(47-25-17-13-18-26-47)37-60(62)74-61-38-52(48-27-19-14-20-28-48)34-36-63(61)79(59-45-56(72(7,8)9)42-57(46-59)73(10,11)12)65-40-53(39-64(78)66(65)74)69-76-67(49-29-21-15-22-30-49)75-68(77-69)50-31-23-16-24-32-50/h13-46H,1-12H3. The molecule has 0 saturated heterocycles. The Kier molecular flexibility index (Phi) is 12.5. The highest BCUT2D eigenvalue weighted by atomic mass is 15.2. The molecule has 0 saturated carbocycles. The van der Waals surface area contributed by atoms with Crippen molar-refractivity contribution in [2.75, 3.05) is 9.80 Å². The lowest BCUT2D eigenvalue weighted by molar-refractivity contribution is 0.568. The van der Waals surface area contributed by atoms with Gasteiger partial charge in [0.1, 0.15) is 0 Å². The topological polar surface area (TPSA) is 45.2 Å². The van der Waals surface area contributed by atoms with Gasteiger partial charge in [-0.1, -0.05) is 241 Å². The van der Waals surface area contributed by atoms with E-state index in [4.69, 9.17) is 15.0 Å². The van der Waals surface area contributed by atoms with Gasteiger partial charge in [-0.25, -0.2) is 15.0 Å². The molecule has 0 aliphatic carbocycles. The maximum absolute atomic E-state index is 5.46. The molecule has 3 heterocycles. The molecule has 6 heteroatoms. The van der Waals surface area contributed by atoms with Crippen LogP contribution in [0, 0.1) is 0 Å². The minimum atomic E-state index is -0.164. The summed E-state index contributed by atoms with van der Waals surface area (Å²) in [5.74, 6) is 1.86. The van der Waals surface area contributed by atoms with Crippen LogP contribution in [0.5, 0.6) is 0 Å². The zero-order valence-electron chi connectivity index (χ0n) is 47.9. The molecule has 9 aromatic carbocycles. The highest BCUT2D eigenvalue weighted by molar-refractivity contribution is 7.00. The maximum atomic E-state index is 5.46. The Morgan fingerprint density at radius 3 is 0.899 bits per heavy atom. The first-order valence-electron chi connectivity index (χ1n) is 28.0. The van der Waals surface area contributed by atoms with E-state index in [9.17, 15) is 0 Å². The lowest BCUT2D eigenvalue weighted by atomic mass is 9.33. The van der Waals surface area contributed by atoms with Crippen LogP contribution in [0.15, 0.2) is 206 Å². The molecule has 0 unspecified atom stereocenters. The van der Waals surface area contributed by atoms with Crippen LogP contribution in [0.1, 0.15) is 105 Å². The predicted molar refractivity (Wildman–Crippen MR) is 336 cm³/mol. The highest BCUT2D eigenvalue weighted by Crippen LogP contribution is 2.49. The van der Waals surface area contributed by atoms with Gasteiger partial charge < -0.3 is 9.80 Å². The minimum absolute atomic E-state index is 0.130. The number of benzene rings is 9. The fourth-order valence-electron chi connectivity index (χ4n) is 11.5. The van der Waals surface area contributed by atoms with Crippen LogP contribution in [-0.2, 0) is 21.7 Å². The third-order valence-corrected chi connectivity index (χ3v) is 16.1. The number of nitrogens with zero attached hydrogens (tertiary/aromatic N) is 5. The molecule has 0 radical (unpaired) electrons. The van der Waals surface area contributed by atoms with E-state index in [0.29, 0.717) is 17.5 Å². The number of anilines is 6. The van der Waals surface area contributed by atoms with Gasteiger partial charge in [0.2, 0.25) is 0 Å². The minimum Gasteiger partial charge on any atom is -0.311 e. The largest absolute Gasteiger partial charge is 0.311 e. The quantitative estimate of drug-likeness (QED) is 0.149. The second-order valence-electron chi connectivity index (χ2n) is 25.9. The number of rotatable bonds is 7. The van der Waals surface area contributed by atoms with Crippen molar-refractivity contribution in [1.29, 1.82) is 0 Å². The maximum Gasteiger partial charge on any atom is 0.252 e. The molecule has 0 atom stereocenters. The summed E-state index contributed by atoms with van der Waals surface area (Å²) in [6, 6.07) is 76.1. The van der Waals surface area contributed by atoms with Crippen molar-refractivity contribution in [2.45, 2.75) is 105 Å². The molecule has 79 heavy (non-hydrogen) atoms. The van der Waals surface area contributed by atoms with E-state index in [0.717, 1.165) is 50.8 Å². The smallest absolute Gasteiger partial charge is 0.252 e. The van der Waals surface area contributed by atoms with Gasteiger partial charge in [0, 0.05) is 50.8 Å². The summed E-state index contributed by atoms with van der Waals surface area (Å²) in [7, 11) is 0. The zero-order chi connectivity index (χ0) is 55.2. The summed E-state index contributed by atoms with van der Waals surface area (Å²) in [5, 5.41) is 0. The van der Waals surface area contributed by atoms with Gasteiger partial charge in [0.05, 0.1) is 0 Å². The van der Waals surface area contributed by atoms with Crippen molar-refractivity contribution in [3.63, 3.8) is 0 Å². The van der Waals surface area contributed by atoms with E-state index in [1.54, 1.807) is 0 Å². The van der Waals surface area contributed by atoms with Crippen LogP contribution >= 0.6 is 0 Å². The molecule has 2 aliphatic rings. The van der Waals surface area contributed by atoms with Crippen molar-refractivity contribution in [3.8, 4) is 56.4 Å². The molecular formula is C73H70BN5. The van der Waals surface area contributed by atoms with Crippen LogP contribution in [0.2, 0.25) is 0 Å². The van der Waals surface area contributed by atoms with Gasteiger partial charge in [0.15, 0.2) is 17.5 Å². The van der Waals surface area contributed by atoms with Crippen LogP contribution in [-0.4, -0.2) is 21.7 Å². The van der Waals surface area contributed by atoms with E-state index in [2.05, 4.69) is 287 Å². The Balaban J connectivity index is 1.25. The summed E-state index contributed by atoms with van der Waals surface area (Å²) >= 11 is 0.